The van der Waals surface area contributed by atoms with E-state index in [0.29, 0.717) is 16.1 Å². The molecule has 0 radical (unpaired) electrons. The Kier molecular flexibility index (Phi) is 3.69. The monoisotopic (exact) mass is 230 g/mol. The zero-order valence-electron chi connectivity index (χ0n) is 8.55. The summed E-state index contributed by atoms with van der Waals surface area (Å²) < 4.78 is 13.7. The van der Waals surface area contributed by atoms with Crippen LogP contribution in [0.5, 0.6) is 0 Å². The summed E-state index contributed by atoms with van der Waals surface area (Å²) in [5.74, 6) is -1.69. The van der Waals surface area contributed by atoms with E-state index in [1.807, 2.05) is 0 Å². The van der Waals surface area contributed by atoms with E-state index in [4.69, 9.17) is 16.7 Å². The second-order valence-corrected chi connectivity index (χ2v) is 3.98. The van der Waals surface area contributed by atoms with E-state index in [-0.39, 0.29) is 12.3 Å². The van der Waals surface area contributed by atoms with Crippen LogP contribution in [0.3, 0.4) is 0 Å². The van der Waals surface area contributed by atoms with Gasteiger partial charge >= 0.3 is 5.97 Å². The fourth-order valence-electron chi connectivity index (χ4n) is 1.43. The molecule has 0 amide bonds. The van der Waals surface area contributed by atoms with Crippen molar-refractivity contribution in [3.05, 3.63) is 34.1 Å². The van der Waals surface area contributed by atoms with E-state index in [1.165, 1.54) is 6.07 Å². The lowest BCUT2D eigenvalue weighted by Gasteiger charge is -2.12. The van der Waals surface area contributed by atoms with Gasteiger partial charge in [-0.2, -0.15) is 0 Å². The second-order valence-electron chi connectivity index (χ2n) is 3.57. The Balaban J connectivity index is 3.05. The standard InChI is InChI=1S/C11H12ClFO2/c1-6(5-10(14)15)8-3-4-9(12)7(2)11(8)13/h3-4,6H,5H2,1-2H3,(H,14,15). The molecule has 4 heteroatoms. The van der Waals surface area contributed by atoms with Crippen LogP contribution >= 0.6 is 11.6 Å². The molecule has 0 aliphatic carbocycles. The normalized spacial score (nSPS) is 12.5. The summed E-state index contributed by atoms with van der Waals surface area (Å²) in [6, 6.07) is 3.13. The number of carboxylic acids is 1. The van der Waals surface area contributed by atoms with Gasteiger partial charge in [-0.25, -0.2) is 4.39 Å². The predicted molar refractivity (Wildman–Crippen MR) is 56.8 cm³/mol. The molecule has 15 heavy (non-hydrogen) atoms. The number of benzene rings is 1. The molecule has 0 aliphatic rings. The van der Waals surface area contributed by atoms with Gasteiger partial charge in [-0.1, -0.05) is 24.6 Å². The molecule has 1 rings (SSSR count). The van der Waals surface area contributed by atoms with Crippen molar-refractivity contribution < 1.29 is 14.3 Å². The second kappa shape index (κ2) is 4.62. The minimum absolute atomic E-state index is 0.0853. The van der Waals surface area contributed by atoms with Crippen LogP contribution in [0.4, 0.5) is 4.39 Å². The van der Waals surface area contributed by atoms with E-state index in [1.54, 1.807) is 19.9 Å². The number of hydrogen-bond donors (Lipinski definition) is 1. The fourth-order valence-corrected chi connectivity index (χ4v) is 1.58. The quantitative estimate of drug-likeness (QED) is 0.865. The van der Waals surface area contributed by atoms with Gasteiger partial charge in [-0.15, -0.1) is 0 Å². The average Bonchev–Trinajstić information content (AvgIpc) is 2.13. The highest BCUT2D eigenvalue weighted by atomic mass is 35.5. The van der Waals surface area contributed by atoms with Gasteiger partial charge in [-0.05, 0) is 24.5 Å². The number of aliphatic carboxylic acids is 1. The van der Waals surface area contributed by atoms with E-state index in [0.717, 1.165) is 0 Å². The molecular weight excluding hydrogens is 219 g/mol. The summed E-state index contributed by atoms with van der Waals surface area (Å²) in [5.41, 5.74) is 0.769. The van der Waals surface area contributed by atoms with Crippen LogP contribution in [0, 0.1) is 12.7 Å². The number of hydrogen-bond acceptors (Lipinski definition) is 1. The fraction of sp³-hybridized carbons (Fsp3) is 0.364. The first kappa shape index (κ1) is 12.0. The van der Waals surface area contributed by atoms with Crippen LogP contribution in [0.1, 0.15) is 30.4 Å². The van der Waals surface area contributed by atoms with Crippen LogP contribution in [-0.4, -0.2) is 11.1 Å². The molecule has 1 N–H and O–H groups in total. The summed E-state index contributed by atoms with van der Waals surface area (Å²) in [7, 11) is 0. The van der Waals surface area contributed by atoms with Crippen molar-refractivity contribution in [1.29, 1.82) is 0 Å². The van der Waals surface area contributed by atoms with Crippen molar-refractivity contribution in [3.8, 4) is 0 Å². The average molecular weight is 231 g/mol. The number of carbonyl (C=O) groups is 1. The van der Waals surface area contributed by atoms with Crippen LogP contribution in [0.25, 0.3) is 0 Å². The maximum Gasteiger partial charge on any atom is 0.303 e. The molecule has 0 bridgehead atoms. The molecule has 0 fully saturated rings. The Bertz CT molecular complexity index is 390. The van der Waals surface area contributed by atoms with Gasteiger partial charge < -0.3 is 5.11 Å². The summed E-state index contributed by atoms with van der Waals surface area (Å²) in [6.45, 7) is 3.26. The molecular formula is C11H12ClFO2. The van der Waals surface area contributed by atoms with Crippen molar-refractivity contribution in [2.75, 3.05) is 0 Å². The van der Waals surface area contributed by atoms with Crippen molar-refractivity contribution >= 4 is 17.6 Å². The summed E-state index contributed by atoms with van der Waals surface area (Å²) in [5, 5.41) is 8.97. The lowest BCUT2D eigenvalue weighted by atomic mass is 9.95. The van der Waals surface area contributed by atoms with Crippen LogP contribution in [0.2, 0.25) is 5.02 Å². The molecule has 82 valence electrons. The van der Waals surface area contributed by atoms with Gasteiger partial charge in [-0.3, -0.25) is 4.79 Å². The van der Waals surface area contributed by atoms with Gasteiger partial charge in [0.25, 0.3) is 0 Å². The Labute approximate surface area is 92.7 Å². The maximum absolute atomic E-state index is 13.7. The van der Waals surface area contributed by atoms with Crippen molar-refractivity contribution in [2.45, 2.75) is 26.2 Å². The molecule has 0 saturated heterocycles. The molecule has 0 aromatic heterocycles. The third-order valence-electron chi connectivity index (χ3n) is 2.36. The van der Waals surface area contributed by atoms with E-state index in [9.17, 15) is 9.18 Å². The highest BCUT2D eigenvalue weighted by molar-refractivity contribution is 6.31. The maximum atomic E-state index is 13.7. The van der Waals surface area contributed by atoms with E-state index in [2.05, 4.69) is 0 Å². The highest BCUT2D eigenvalue weighted by Gasteiger charge is 2.16. The largest absolute Gasteiger partial charge is 0.481 e. The summed E-state index contributed by atoms with van der Waals surface area (Å²) in [6.07, 6.45) is -0.0853. The van der Waals surface area contributed by atoms with E-state index < -0.39 is 11.8 Å². The van der Waals surface area contributed by atoms with Crippen molar-refractivity contribution in [1.82, 2.24) is 0 Å². The molecule has 1 aromatic rings. The Hall–Kier alpha value is -1.09. The first-order valence-corrected chi connectivity index (χ1v) is 4.97. The van der Waals surface area contributed by atoms with Gasteiger partial charge in [0, 0.05) is 10.6 Å². The number of halogens is 2. The first-order chi connectivity index (χ1) is 6.93. The molecule has 2 nitrogen and oxygen atoms in total. The van der Waals surface area contributed by atoms with Crippen LogP contribution in [-0.2, 0) is 4.79 Å². The lowest BCUT2D eigenvalue weighted by molar-refractivity contribution is -0.137. The van der Waals surface area contributed by atoms with Crippen LogP contribution < -0.4 is 0 Å². The molecule has 1 unspecified atom stereocenters. The third kappa shape index (κ3) is 2.69. The zero-order chi connectivity index (χ0) is 11.6. The SMILES string of the molecule is Cc1c(Cl)ccc(C(C)CC(=O)O)c1F. The van der Waals surface area contributed by atoms with Crippen molar-refractivity contribution in [3.63, 3.8) is 0 Å². The smallest absolute Gasteiger partial charge is 0.303 e. The first-order valence-electron chi connectivity index (χ1n) is 4.59. The Morgan fingerprint density at radius 1 is 1.60 bits per heavy atom. The highest BCUT2D eigenvalue weighted by Crippen LogP contribution is 2.27. The predicted octanol–water partition coefficient (Wildman–Crippen LogP) is 3.37. The lowest BCUT2D eigenvalue weighted by Crippen LogP contribution is -2.05. The molecule has 0 saturated carbocycles. The molecule has 0 spiro atoms. The molecule has 0 aliphatic heterocycles. The van der Waals surface area contributed by atoms with Gasteiger partial charge in [0.15, 0.2) is 0 Å². The van der Waals surface area contributed by atoms with Gasteiger partial charge in [0.1, 0.15) is 5.82 Å². The summed E-state index contributed by atoms with van der Waals surface area (Å²) in [4.78, 5) is 10.5. The molecule has 1 aromatic carbocycles. The molecule has 0 heterocycles. The number of rotatable bonds is 3. The number of carboxylic acid groups (broad SMARTS) is 1. The topological polar surface area (TPSA) is 37.3 Å². The van der Waals surface area contributed by atoms with Gasteiger partial charge in [0.2, 0.25) is 0 Å². The van der Waals surface area contributed by atoms with E-state index >= 15 is 0 Å². The van der Waals surface area contributed by atoms with Crippen molar-refractivity contribution in [2.24, 2.45) is 0 Å². The summed E-state index contributed by atoms with van der Waals surface area (Å²) >= 11 is 5.74. The Morgan fingerprint density at radius 3 is 2.73 bits per heavy atom. The zero-order valence-corrected chi connectivity index (χ0v) is 9.31. The van der Waals surface area contributed by atoms with Gasteiger partial charge in [0.05, 0.1) is 6.42 Å². The third-order valence-corrected chi connectivity index (χ3v) is 2.77. The Morgan fingerprint density at radius 2 is 2.20 bits per heavy atom. The minimum Gasteiger partial charge on any atom is -0.481 e. The van der Waals surface area contributed by atoms with Crippen LogP contribution in [0.15, 0.2) is 12.1 Å². The minimum atomic E-state index is -0.936. The molecule has 1 atom stereocenters.